The second kappa shape index (κ2) is 6.99. The predicted octanol–water partition coefficient (Wildman–Crippen LogP) is 1.60. The van der Waals surface area contributed by atoms with Crippen molar-refractivity contribution in [2.24, 2.45) is 0 Å². The van der Waals surface area contributed by atoms with E-state index >= 15 is 0 Å². The maximum atomic E-state index is 13.2. The lowest BCUT2D eigenvalue weighted by atomic mass is 9.91. The fourth-order valence-corrected chi connectivity index (χ4v) is 3.02. The van der Waals surface area contributed by atoms with Gasteiger partial charge in [-0.1, -0.05) is 17.2 Å². The minimum atomic E-state index is -0.774. The Morgan fingerprint density at radius 3 is 2.61 bits per heavy atom. The maximum Gasteiger partial charge on any atom is 0.355 e. The highest BCUT2D eigenvalue weighted by Crippen LogP contribution is 2.37. The van der Waals surface area contributed by atoms with Crippen LogP contribution >= 0.6 is 0 Å². The van der Waals surface area contributed by atoms with E-state index in [1.165, 1.54) is 24.1 Å². The van der Waals surface area contributed by atoms with Crippen LogP contribution in [0.2, 0.25) is 0 Å². The molecule has 1 aliphatic rings. The fourth-order valence-electron chi connectivity index (χ4n) is 3.02. The number of fused-ring (bicyclic) bond motifs is 1. The lowest BCUT2D eigenvalue weighted by molar-refractivity contribution is -0.136. The number of ketones is 1. The van der Waals surface area contributed by atoms with Crippen LogP contribution < -0.4 is 10.1 Å². The largest absolute Gasteiger partial charge is 0.497 e. The number of Topliss-reactive ketones (excluding diaryl/α,β-unsaturated/α-hetero) is 1. The molecule has 10 nitrogen and oxygen atoms in total. The van der Waals surface area contributed by atoms with Gasteiger partial charge in [0.25, 0.3) is 0 Å². The summed E-state index contributed by atoms with van der Waals surface area (Å²) in [7, 11) is 2.78. The second-order valence-electron chi connectivity index (χ2n) is 5.83. The zero-order valence-electron chi connectivity index (χ0n) is 14.9. The zero-order chi connectivity index (χ0) is 19.7. The van der Waals surface area contributed by atoms with E-state index in [1.807, 2.05) is 0 Å². The van der Waals surface area contributed by atoms with Crippen molar-refractivity contribution < 1.29 is 23.5 Å². The van der Waals surface area contributed by atoms with E-state index in [1.54, 1.807) is 37.4 Å². The maximum absolute atomic E-state index is 13.2. The molecular formula is C18H15N5O5. The Balaban J connectivity index is 1.93. The first-order valence-corrected chi connectivity index (χ1v) is 8.23. The van der Waals surface area contributed by atoms with Gasteiger partial charge in [0.1, 0.15) is 17.5 Å². The molecule has 1 aliphatic heterocycles. The van der Waals surface area contributed by atoms with E-state index in [0.29, 0.717) is 11.3 Å². The van der Waals surface area contributed by atoms with Crippen molar-refractivity contribution in [2.45, 2.75) is 6.04 Å². The molecular weight excluding hydrogens is 366 g/mol. The number of nitrogens with zero attached hydrogens (tertiary/aromatic N) is 4. The molecule has 4 rings (SSSR count). The first kappa shape index (κ1) is 17.5. The number of furan rings is 1. The number of anilines is 1. The van der Waals surface area contributed by atoms with Gasteiger partial charge in [0.15, 0.2) is 5.76 Å². The highest BCUT2D eigenvalue weighted by atomic mass is 16.5. The van der Waals surface area contributed by atoms with Crippen LogP contribution in [0.15, 0.2) is 58.3 Å². The molecule has 3 aromatic rings. The number of hydrogen-bond donors (Lipinski definition) is 1. The number of aromatic nitrogens is 4. The number of tetrazole rings is 1. The van der Waals surface area contributed by atoms with E-state index in [2.05, 4.69) is 20.8 Å². The summed E-state index contributed by atoms with van der Waals surface area (Å²) in [6, 6.07) is 9.36. The number of allylic oxidation sites excluding steroid dienone is 1. The Morgan fingerprint density at radius 1 is 1.18 bits per heavy atom. The van der Waals surface area contributed by atoms with Crippen molar-refractivity contribution in [3.8, 4) is 5.75 Å². The lowest BCUT2D eigenvalue weighted by Gasteiger charge is -2.27. The van der Waals surface area contributed by atoms with E-state index in [4.69, 9.17) is 13.9 Å². The Hall–Kier alpha value is -3.95. The first-order valence-electron chi connectivity index (χ1n) is 8.23. The predicted molar refractivity (Wildman–Crippen MR) is 94.7 cm³/mol. The van der Waals surface area contributed by atoms with Crippen LogP contribution in [0.4, 0.5) is 5.95 Å². The summed E-state index contributed by atoms with van der Waals surface area (Å²) in [5.41, 5.74) is 0.728. The highest BCUT2D eigenvalue weighted by Gasteiger charge is 2.39. The van der Waals surface area contributed by atoms with Crippen molar-refractivity contribution in [1.82, 2.24) is 20.2 Å². The average Bonchev–Trinajstić information content (AvgIpc) is 3.43. The highest BCUT2D eigenvalue weighted by molar-refractivity contribution is 6.13. The van der Waals surface area contributed by atoms with Crippen molar-refractivity contribution >= 4 is 17.7 Å². The van der Waals surface area contributed by atoms with Crippen molar-refractivity contribution in [2.75, 3.05) is 19.5 Å². The summed E-state index contributed by atoms with van der Waals surface area (Å²) in [6.07, 6.45) is 1.38. The summed E-state index contributed by atoms with van der Waals surface area (Å²) in [4.78, 5) is 25.7. The van der Waals surface area contributed by atoms with E-state index in [9.17, 15) is 9.59 Å². The van der Waals surface area contributed by atoms with Crippen molar-refractivity contribution in [3.63, 3.8) is 0 Å². The molecule has 10 heteroatoms. The molecule has 0 fully saturated rings. The van der Waals surface area contributed by atoms with Crippen molar-refractivity contribution in [3.05, 3.63) is 65.3 Å². The molecule has 1 aromatic carbocycles. The molecule has 0 spiro atoms. The number of carbonyl (C=O) groups excluding carboxylic acids is 2. The molecule has 142 valence electrons. The second-order valence-corrected chi connectivity index (χ2v) is 5.83. The third-order valence-electron chi connectivity index (χ3n) is 4.33. The number of benzene rings is 1. The standard InChI is InChI=1S/C18H15N5O5/c1-26-11-7-5-10(6-8-11)15-13(16(24)12-4-3-9-28-12)14(17(25)27-2)19-18-20-21-22-23(15)18/h3-9,15H,1-2H3,(H,19,20,22)/t15-/m0/s1. The van der Waals surface area contributed by atoms with Gasteiger partial charge in [-0.3, -0.25) is 4.79 Å². The summed E-state index contributed by atoms with van der Waals surface area (Å²) < 4.78 is 16.7. The van der Waals surface area contributed by atoms with Gasteiger partial charge >= 0.3 is 5.97 Å². The number of rotatable bonds is 5. The molecule has 1 atom stereocenters. The van der Waals surface area contributed by atoms with E-state index < -0.39 is 17.8 Å². The fraction of sp³-hybridized carbons (Fsp3) is 0.167. The van der Waals surface area contributed by atoms with Crippen LogP contribution in [0.3, 0.4) is 0 Å². The minimum Gasteiger partial charge on any atom is -0.497 e. The molecule has 0 amide bonds. The zero-order valence-corrected chi connectivity index (χ0v) is 14.9. The van der Waals surface area contributed by atoms with E-state index in [-0.39, 0.29) is 23.0 Å². The Kier molecular flexibility index (Phi) is 4.36. The monoisotopic (exact) mass is 381 g/mol. The number of methoxy groups -OCH3 is 2. The smallest absolute Gasteiger partial charge is 0.355 e. The molecule has 0 radical (unpaired) electrons. The van der Waals surface area contributed by atoms with Crippen LogP contribution in [0.25, 0.3) is 0 Å². The molecule has 0 saturated carbocycles. The Labute approximate surface area is 158 Å². The van der Waals surface area contributed by atoms with Gasteiger partial charge in [-0.25, -0.2) is 4.79 Å². The Morgan fingerprint density at radius 2 is 1.96 bits per heavy atom. The summed E-state index contributed by atoms with van der Waals surface area (Å²) >= 11 is 0. The molecule has 0 aliphatic carbocycles. The topological polar surface area (TPSA) is 121 Å². The number of carbonyl (C=O) groups is 2. The van der Waals surface area contributed by atoms with Gasteiger partial charge in [0.05, 0.1) is 26.1 Å². The molecule has 1 N–H and O–H groups in total. The molecule has 3 heterocycles. The third-order valence-corrected chi connectivity index (χ3v) is 4.33. The number of nitrogens with one attached hydrogen (secondary N) is 1. The van der Waals surface area contributed by atoms with Crippen molar-refractivity contribution in [1.29, 1.82) is 0 Å². The van der Waals surface area contributed by atoms with Gasteiger partial charge in [0, 0.05) is 0 Å². The Bertz CT molecular complexity index is 1050. The summed E-state index contributed by atoms with van der Waals surface area (Å²) in [5, 5.41) is 14.3. The number of hydrogen-bond acceptors (Lipinski definition) is 9. The molecule has 2 aromatic heterocycles. The van der Waals surface area contributed by atoms with Gasteiger partial charge in [-0.2, -0.15) is 4.68 Å². The number of ether oxygens (including phenoxy) is 2. The van der Waals surface area contributed by atoms with E-state index in [0.717, 1.165) is 0 Å². The average molecular weight is 381 g/mol. The summed E-state index contributed by atoms with van der Waals surface area (Å²) in [6.45, 7) is 0. The molecule has 0 saturated heterocycles. The van der Waals surface area contributed by atoms with Gasteiger partial charge in [-0.15, -0.1) is 0 Å². The third kappa shape index (κ3) is 2.80. The van der Waals surface area contributed by atoms with Crippen LogP contribution in [0.5, 0.6) is 5.75 Å². The van der Waals surface area contributed by atoms with Gasteiger partial charge in [0.2, 0.25) is 11.7 Å². The first-order chi connectivity index (χ1) is 13.6. The van der Waals surface area contributed by atoms with Crippen LogP contribution in [-0.2, 0) is 9.53 Å². The normalized spacial score (nSPS) is 15.6. The van der Waals surface area contributed by atoms with Crippen LogP contribution in [0, 0.1) is 0 Å². The van der Waals surface area contributed by atoms with Gasteiger partial charge in [-0.05, 0) is 40.3 Å². The molecule has 28 heavy (non-hydrogen) atoms. The SMILES string of the molecule is COC(=O)C1=C(C(=O)c2ccco2)[C@H](c2ccc(OC)cc2)n2nnnc2N1. The quantitative estimate of drug-likeness (QED) is 0.519. The van der Waals surface area contributed by atoms with Gasteiger partial charge < -0.3 is 19.2 Å². The van der Waals surface area contributed by atoms with Crippen LogP contribution in [0.1, 0.15) is 22.2 Å². The minimum absolute atomic E-state index is 0.0491. The molecule has 0 bridgehead atoms. The number of esters is 1. The summed E-state index contributed by atoms with van der Waals surface area (Å²) in [5.74, 6) is -0.279. The lowest BCUT2D eigenvalue weighted by Crippen LogP contribution is -2.32. The molecule has 0 unspecified atom stereocenters. The van der Waals surface area contributed by atoms with Crippen LogP contribution in [-0.4, -0.2) is 46.2 Å².